The van der Waals surface area contributed by atoms with Gasteiger partial charge in [-0.1, -0.05) is 0 Å². The molecule has 17 heavy (non-hydrogen) atoms. The van der Waals surface area contributed by atoms with Crippen molar-refractivity contribution in [3.8, 4) is 11.6 Å². The van der Waals surface area contributed by atoms with Crippen molar-refractivity contribution in [2.75, 3.05) is 0 Å². The Hall–Kier alpha value is -2.24. The van der Waals surface area contributed by atoms with E-state index in [1.165, 1.54) is 6.20 Å². The van der Waals surface area contributed by atoms with Gasteiger partial charge in [-0.05, 0) is 12.8 Å². The number of carboxylic acids is 1. The predicted molar refractivity (Wildman–Crippen MR) is 58.5 cm³/mol. The predicted octanol–water partition coefficient (Wildman–Crippen LogP) is 1.44. The van der Waals surface area contributed by atoms with Crippen molar-refractivity contribution in [3.63, 3.8) is 0 Å². The molecule has 0 spiro atoms. The van der Waals surface area contributed by atoms with Crippen LogP contribution in [-0.4, -0.2) is 31.0 Å². The minimum absolute atomic E-state index is 0.197. The number of aromatic amines is 1. The monoisotopic (exact) mass is 230 g/mol. The molecule has 0 unspecified atom stereocenters. The van der Waals surface area contributed by atoms with Crippen LogP contribution in [0.2, 0.25) is 0 Å². The number of H-pyrrole nitrogens is 1. The summed E-state index contributed by atoms with van der Waals surface area (Å²) in [6.07, 6.45) is 6.64. The largest absolute Gasteiger partial charge is 0.478 e. The zero-order valence-electron chi connectivity index (χ0n) is 8.92. The molecule has 6 heteroatoms. The number of carbonyl (C=O) groups is 1. The zero-order valence-corrected chi connectivity index (χ0v) is 8.92. The fourth-order valence-electron chi connectivity index (χ4n) is 1.73. The van der Waals surface area contributed by atoms with E-state index in [0.717, 1.165) is 12.8 Å². The molecule has 1 saturated carbocycles. The second-order valence-corrected chi connectivity index (χ2v) is 4.01. The van der Waals surface area contributed by atoms with Gasteiger partial charge in [-0.2, -0.15) is 0 Å². The molecule has 0 bridgehead atoms. The Morgan fingerprint density at radius 1 is 1.41 bits per heavy atom. The average molecular weight is 230 g/mol. The lowest BCUT2D eigenvalue weighted by molar-refractivity contribution is 0.0694. The first-order valence-corrected chi connectivity index (χ1v) is 5.35. The van der Waals surface area contributed by atoms with Crippen LogP contribution in [0, 0.1) is 0 Å². The second-order valence-electron chi connectivity index (χ2n) is 4.01. The number of hydrogen-bond acceptors (Lipinski definition) is 4. The van der Waals surface area contributed by atoms with Gasteiger partial charge < -0.3 is 10.1 Å². The van der Waals surface area contributed by atoms with E-state index < -0.39 is 5.97 Å². The number of aromatic carboxylic acids is 1. The zero-order chi connectivity index (χ0) is 11.8. The van der Waals surface area contributed by atoms with Crippen molar-refractivity contribution < 1.29 is 9.90 Å². The molecule has 2 heterocycles. The first-order chi connectivity index (χ1) is 8.25. The van der Waals surface area contributed by atoms with Crippen molar-refractivity contribution in [1.29, 1.82) is 0 Å². The number of nitrogens with zero attached hydrogens (tertiary/aromatic N) is 3. The first kappa shape index (κ1) is 9.95. The SMILES string of the molecule is O=C(O)c1cnc(-c2ncc[nH]2)nc1C1CC1. The molecule has 6 nitrogen and oxygen atoms in total. The number of rotatable bonds is 3. The molecule has 1 aliphatic rings. The molecule has 1 fully saturated rings. The van der Waals surface area contributed by atoms with E-state index >= 15 is 0 Å². The van der Waals surface area contributed by atoms with E-state index in [1.807, 2.05) is 0 Å². The number of imidazole rings is 1. The summed E-state index contributed by atoms with van der Waals surface area (Å²) in [6.45, 7) is 0. The third-order valence-corrected chi connectivity index (χ3v) is 2.72. The summed E-state index contributed by atoms with van der Waals surface area (Å²) >= 11 is 0. The van der Waals surface area contributed by atoms with E-state index in [4.69, 9.17) is 5.11 Å². The summed E-state index contributed by atoms with van der Waals surface area (Å²) in [6, 6.07) is 0. The fraction of sp³-hybridized carbons (Fsp3) is 0.273. The van der Waals surface area contributed by atoms with Gasteiger partial charge in [-0.25, -0.2) is 19.7 Å². The molecule has 0 aromatic carbocycles. The van der Waals surface area contributed by atoms with Gasteiger partial charge in [0.1, 0.15) is 0 Å². The molecule has 0 amide bonds. The van der Waals surface area contributed by atoms with Gasteiger partial charge in [0, 0.05) is 24.5 Å². The molecule has 0 aliphatic heterocycles. The smallest absolute Gasteiger partial charge is 0.339 e. The van der Waals surface area contributed by atoms with E-state index in [0.29, 0.717) is 17.3 Å². The molecule has 0 radical (unpaired) electrons. The maximum atomic E-state index is 11.0. The van der Waals surface area contributed by atoms with Crippen LogP contribution in [0.25, 0.3) is 11.6 Å². The Morgan fingerprint density at radius 2 is 2.24 bits per heavy atom. The molecular formula is C11H10N4O2. The Balaban J connectivity index is 2.09. The van der Waals surface area contributed by atoms with Gasteiger partial charge in [-0.3, -0.25) is 0 Å². The summed E-state index contributed by atoms with van der Waals surface area (Å²) < 4.78 is 0. The Bertz CT molecular complexity index is 561. The second kappa shape index (κ2) is 3.65. The lowest BCUT2D eigenvalue weighted by Gasteiger charge is -2.04. The highest BCUT2D eigenvalue weighted by atomic mass is 16.4. The minimum atomic E-state index is -0.974. The third-order valence-electron chi connectivity index (χ3n) is 2.72. The van der Waals surface area contributed by atoms with Crippen LogP contribution in [0.4, 0.5) is 0 Å². The van der Waals surface area contributed by atoms with Crippen LogP contribution in [0.1, 0.15) is 34.8 Å². The molecule has 1 aliphatic carbocycles. The van der Waals surface area contributed by atoms with Gasteiger partial charge in [0.15, 0.2) is 11.6 Å². The summed E-state index contributed by atoms with van der Waals surface area (Å²) in [5.74, 6) is 0.293. The average Bonchev–Trinajstić information content (AvgIpc) is 3.03. The van der Waals surface area contributed by atoms with Gasteiger partial charge in [0.2, 0.25) is 0 Å². The van der Waals surface area contributed by atoms with Crippen molar-refractivity contribution in [3.05, 3.63) is 29.8 Å². The van der Waals surface area contributed by atoms with E-state index in [9.17, 15) is 4.79 Å². The number of carboxylic acid groups (broad SMARTS) is 1. The highest BCUT2D eigenvalue weighted by molar-refractivity contribution is 5.89. The first-order valence-electron chi connectivity index (χ1n) is 5.35. The number of hydrogen-bond donors (Lipinski definition) is 2. The lowest BCUT2D eigenvalue weighted by atomic mass is 10.1. The fourth-order valence-corrected chi connectivity index (χ4v) is 1.73. The molecular weight excluding hydrogens is 220 g/mol. The maximum absolute atomic E-state index is 11.0. The number of aromatic nitrogens is 4. The van der Waals surface area contributed by atoms with Crippen LogP contribution in [0.5, 0.6) is 0 Å². The van der Waals surface area contributed by atoms with Crippen molar-refractivity contribution in [1.82, 2.24) is 19.9 Å². The normalized spacial score (nSPS) is 14.8. The summed E-state index contributed by atoms with van der Waals surface area (Å²) in [7, 11) is 0. The topological polar surface area (TPSA) is 91.8 Å². The molecule has 3 rings (SSSR count). The van der Waals surface area contributed by atoms with E-state index in [2.05, 4.69) is 19.9 Å². The van der Waals surface area contributed by atoms with Crippen LogP contribution in [0.15, 0.2) is 18.6 Å². The van der Waals surface area contributed by atoms with Crippen LogP contribution >= 0.6 is 0 Å². The van der Waals surface area contributed by atoms with Gasteiger partial charge >= 0.3 is 5.97 Å². The van der Waals surface area contributed by atoms with Gasteiger partial charge in [0.05, 0.1) is 11.3 Å². The highest BCUT2D eigenvalue weighted by Crippen LogP contribution is 2.40. The Morgan fingerprint density at radius 3 is 2.82 bits per heavy atom. The Labute approximate surface area is 96.8 Å². The van der Waals surface area contributed by atoms with Crippen molar-refractivity contribution in [2.24, 2.45) is 0 Å². The lowest BCUT2D eigenvalue weighted by Crippen LogP contribution is -2.07. The molecule has 2 N–H and O–H groups in total. The van der Waals surface area contributed by atoms with Crippen molar-refractivity contribution >= 4 is 5.97 Å². The molecule has 0 atom stereocenters. The van der Waals surface area contributed by atoms with Crippen LogP contribution in [0.3, 0.4) is 0 Å². The highest BCUT2D eigenvalue weighted by Gasteiger charge is 2.30. The van der Waals surface area contributed by atoms with Crippen LogP contribution in [-0.2, 0) is 0 Å². The third kappa shape index (κ3) is 1.77. The van der Waals surface area contributed by atoms with Gasteiger partial charge in [-0.15, -0.1) is 0 Å². The molecule has 0 saturated heterocycles. The van der Waals surface area contributed by atoms with Crippen molar-refractivity contribution in [2.45, 2.75) is 18.8 Å². The van der Waals surface area contributed by atoms with Crippen LogP contribution < -0.4 is 0 Å². The Kier molecular flexibility index (Phi) is 2.14. The molecule has 2 aromatic heterocycles. The summed E-state index contributed by atoms with van der Waals surface area (Å²) in [5, 5.41) is 9.06. The minimum Gasteiger partial charge on any atom is -0.478 e. The summed E-state index contributed by atoms with van der Waals surface area (Å²) in [5.41, 5.74) is 0.821. The molecule has 2 aromatic rings. The summed E-state index contributed by atoms with van der Waals surface area (Å²) in [4.78, 5) is 26.3. The quantitative estimate of drug-likeness (QED) is 0.832. The maximum Gasteiger partial charge on any atom is 0.339 e. The van der Waals surface area contributed by atoms with Gasteiger partial charge in [0.25, 0.3) is 0 Å². The van der Waals surface area contributed by atoms with E-state index in [1.54, 1.807) is 12.4 Å². The number of nitrogens with one attached hydrogen (secondary N) is 1. The standard InChI is InChI=1S/C11H10N4O2/c16-11(17)7-5-14-10(9-12-3-4-13-9)15-8(7)6-1-2-6/h3-6H,1-2H2,(H,12,13)(H,16,17). The van der Waals surface area contributed by atoms with E-state index in [-0.39, 0.29) is 11.5 Å². The molecule has 86 valence electrons.